The van der Waals surface area contributed by atoms with E-state index < -0.39 is 0 Å². The number of hydrogen-bond acceptors (Lipinski definition) is 1. The predicted molar refractivity (Wildman–Crippen MR) is 88.5 cm³/mol. The summed E-state index contributed by atoms with van der Waals surface area (Å²) >= 11 is 0. The third-order valence-electron chi connectivity index (χ3n) is 4.09. The van der Waals surface area contributed by atoms with E-state index in [0.717, 1.165) is 12.0 Å². The van der Waals surface area contributed by atoms with Gasteiger partial charge in [-0.2, -0.15) is 5.26 Å². The molecule has 0 heterocycles. The van der Waals surface area contributed by atoms with Crippen molar-refractivity contribution >= 4 is 0 Å². The molecular weight excluding hydrogens is 254 g/mol. The van der Waals surface area contributed by atoms with Crippen LogP contribution in [-0.2, 0) is 6.42 Å². The van der Waals surface area contributed by atoms with Crippen LogP contribution in [0.5, 0.6) is 0 Å². The van der Waals surface area contributed by atoms with Crippen molar-refractivity contribution in [3.8, 4) is 6.07 Å². The Hall–Kier alpha value is -2.07. The second-order valence-corrected chi connectivity index (χ2v) is 6.14. The molecular formula is C20H23N. The van der Waals surface area contributed by atoms with E-state index in [2.05, 4.69) is 76.2 Å². The zero-order valence-electron chi connectivity index (χ0n) is 13.4. The van der Waals surface area contributed by atoms with E-state index >= 15 is 0 Å². The van der Waals surface area contributed by atoms with Crippen molar-refractivity contribution in [2.45, 2.75) is 46.0 Å². The molecule has 2 rings (SSSR count). The number of benzene rings is 2. The maximum atomic E-state index is 9.53. The van der Waals surface area contributed by atoms with Crippen LogP contribution in [0.3, 0.4) is 0 Å². The maximum Gasteiger partial charge on any atom is 0.0753 e. The minimum Gasteiger partial charge on any atom is -0.198 e. The zero-order chi connectivity index (χ0) is 15.4. The van der Waals surface area contributed by atoms with Gasteiger partial charge < -0.3 is 0 Å². The molecule has 0 aliphatic carbocycles. The number of nitrogens with zero attached hydrogens (tertiary/aromatic N) is 1. The van der Waals surface area contributed by atoms with Gasteiger partial charge in [0, 0.05) is 0 Å². The van der Waals surface area contributed by atoms with Gasteiger partial charge in [-0.1, -0.05) is 61.9 Å². The normalized spacial score (nSPS) is 12.2. The summed E-state index contributed by atoms with van der Waals surface area (Å²) in [5.74, 6) is 0.449. The Kier molecular flexibility index (Phi) is 4.81. The third kappa shape index (κ3) is 3.73. The third-order valence-corrected chi connectivity index (χ3v) is 4.09. The van der Waals surface area contributed by atoms with Crippen LogP contribution in [0.15, 0.2) is 42.5 Å². The quantitative estimate of drug-likeness (QED) is 0.746. The van der Waals surface area contributed by atoms with Gasteiger partial charge in [-0.25, -0.2) is 0 Å². The Morgan fingerprint density at radius 3 is 2.14 bits per heavy atom. The molecule has 108 valence electrons. The minimum atomic E-state index is -0.0771. The zero-order valence-corrected chi connectivity index (χ0v) is 13.4. The highest BCUT2D eigenvalue weighted by Crippen LogP contribution is 2.24. The lowest BCUT2D eigenvalue weighted by atomic mass is 9.89. The first kappa shape index (κ1) is 15.3. The molecule has 0 saturated carbocycles. The first-order chi connectivity index (χ1) is 10.0. The first-order valence-corrected chi connectivity index (χ1v) is 7.57. The molecule has 0 aliphatic heterocycles. The summed E-state index contributed by atoms with van der Waals surface area (Å²) in [5, 5.41) is 9.53. The van der Waals surface area contributed by atoms with E-state index in [-0.39, 0.29) is 5.92 Å². The van der Waals surface area contributed by atoms with Crippen LogP contribution in [-0.4, -0.2) is 0 Å². The SMILES string of the molecule is Cc1ccc(C)c(CC(C#N)c2ccc(C(C)C)cc2)c1. The molecule has 0 bridgehead atoms. The van der Waals surface area contributed by atoms with Crippen LogP contribution in [0, 0.1) is 25.2 Å². The molecule has 2 aromatic carbocycles. The summed E-state index contributed by atoms with van der Waals surface area (Å²) in [6.07, 6.45) is 0.783. The van der Waals surface area contributed by atoms with E-state index in [0.29, 0.717) is 5.92 Å². The van der Waals surface area contributed by atoms with Crippen molar-refractivity contribution in [3.63, 3.8) is 0 Å². The van der Waals surface area contributed by atoms with Gasteiger partial charge in [-0.15, -0.1) is 0 Å². The summed E-state index contributed by atoms with van der Waals surface area (Å²) in [6.45, 7) is 8.59. The topological polar surface area (TPSA) is 23.8 Å². The van der Waals surface area contributed by atoms with Gasteiger partial charge in [0.2, 0.25) is 0 Å². The molecule has 21 heavy (non-hydrogen) atoms. The fourth-order valence-electron chi connectivity index (χ4n) is 2.59. The average molecular weight is 277 g/mol. The Labute approximate surface area is 128 Å². The van der Waals surface area contributed by atoms with Crippen molar-refractivity contribution < 1.29 is 0 Å². The highest BCUT2D eigenvalue weighted by Gasteiger charge is 2.13. The highest BCUT2D eigenvalue weighted by molar-refractivity contribution is 5.36. The largest absolute Gasteiger partial charge is 0.198 e. The van der Waals surface area contributed by atoms with Crippen LogP contribution < -0.4 is 0 Å². The molecule has 0 N–H and O–H groups in total. The molecule has 0 saturated heterocycles. The Morgan fingerprint density at radius 1 is 0.952 bits per heavy atom. The van der Waals surface area contributed by atoms with Gasteiger partial charge >= 0.3 is 0 Å². The smallest absolute Gasteiger partial charge is 0.0753 e. The van der Waals surface area contributed by atoms with Gasteiger partial charge in [0.15, 0.2) is 0 Å². The molecule has 2 aromatic rings. The molecule has 0 aromatic heterocycles. The maximum absolute atomic E-state index is 9.53. The van der Waals surface area contributed by atoms with E-state index in [9.17, 15) is 5.26 Å². The van der Waals surface area contributed by atoms with Gasteiger partial charge in [0.25, 0.3) is 0 Å². The Morgan fingerprint density at radius 2 is 1.57 bits per heavy atom. The second-order valence-electron chi connectivity index (χ2n) is 6.14. The van der Waals surface area contributed by atoms with E-state index in [1.807, 2.05) is 0 Å². The second kappa shape index (κ2) is 6.59. The molecule has 1 nitrogen and oxygen atoms in total. The summed E-state index contributed by atoms with van der Waals surface area (Å²) in [4.78, 5) is 0. The molecule has 0 radical (unpaired) electrons. The van der Waals surface area contributed by atoms with Crippen molar-refractivity contribution in [2.24, 2.45) is 0 Å². The van der Waals surface area contributed by atoms with Crippen molar-refractivity contribution in [3.05, 3.63) is 70.3 Å². The lowest BCUT2D eigenvalue weighted by Gasteiger charge is -2.14. The average Bonchev–Trinajstić information content (AvgIpc) is 2.48. The van der Waals surface area contributed by atoms with Crippen LogP contribution in [0.1, 0.15) is 53.5 Å². The van der Waals surface area contributed by atoms with Crippen LogP contribution in [0.4, 0.5) is 0 Å². The molecule has 1 heteroatoms. The lowest BCUT2D eigenvalue weighted by molar-refractivity contribution is 0.832. The monoisotopic (exact) mass is 277 g/mol. The Bertz CT molecular complexity index is 645. The van der Waals surface area contributed by atoms with Crippen molar-refractivity contribution in [2.75, 3.05) is 0 Å². The lowest BCUT2D eigenvalue weighted by Crippen LogP contribution is -2.03. The molecule has 0 fully saturated rings. The molecule has 1 unspecified atom stereocenters. The Balaban J connectivity index is 2.24. The summed E-state index contributed by atoms with van der Waals surface area (Å²) in [6, 6.07) is 17.4. The minimum absolute atomic E-state index is 0.0771. The molecule has 1 atom stereocenters. The first-order valence-electron chi connectivity index (χ1n) is 7.57. The number of hydrogen-bond donors (Lipinski definition) is 0. The molecule has 0 amide bonds. The van der Waals surface area contributed by atoms with Gasteiger partial charge in [0.05, 0.1) is 12.0 Å². The number of rotatable bonds is 4. The fraction of sp³-hybridized carbons (Fsp3) is 0.350. The predicted octanol–water partition coefficient (Wildman–Crippen LogP) is 5.28. The fourth-order valence-corrected chi connectivity index (χ4v) is 2.59. The number of nitriles is 1. The summed E-state index contributed by atoms with van der Waals surface area (Å²) in [7, 11) is 0. The summed E-state index contributed by atoms with van der Waals surface area (Å²) < 4.78 is 0. The van der Waals surface area contributed by atoms with Crippen LogP contribution in [0.25, 0.3) is 0 Å². The van der Waals surface area contributed by atoms with Gasteiger partial charge in [-0.05, 0) is 48.4 Å². The molecule has 0 spiro atoms. The van der Waals surface area contributed by atoms with E-state index in [1.165, 1.54) is 22.3 Å². The summed E-state index contributed by atoms with van der Waals surface area (Å²) in [5.41, 5.74) is 6.22. The van der Waals surface area contributed by atoms with Crippen LogP contribution >= 0.6 is 0 Å². The standard InChI is InChI=1S/C20H23N/c1-14(2)17-7-9-18(10-8-17)20(13-21)12-19-11-15(3)5-6-16(19)4/h5-11,14,20H,12H2,1-4H3. The van der Waals surface area contributed by atoms with Crippen LogP contribution in [0.2, 0.25) is 0 Å². The van der Waals surface area contributed by atoms with Gasteiger partial charge in [-0.3, -0.25) is 0 Å². The van der Waals surface area contributed by atoms with E-state index in [4.69, 9.17) is 0 Å². The van der Waals surface area contributed by atoms with E-state index in [1.54, 1.807) is 0 Å². The molecule has 0 aliphatic rings. The van der Waals surface area contributed by atoms with Crippen molar-refractivity contribution in [1.29, 1.82) is 5.26 Å². The number of aryl methyl sites for hydroxylation is 2. The van der Waals surface area contributed by atoms with Crippen molar-refractivity contribution in [1.82, 2.24) is 0 Å². The highest BCUT2D eigenvalue weighted by atomic mass is 14.3. The van der Waals surface area contributed by atoms with Gasteiger partial charge in [0.1, 0.15) is 0 Å².